The van der Waals surface area contributed by atoms with Gasteiger partial charge >= 0.3 is 0 Å². The number of hydrogen-bond donors (Lipinski definition) is 0. The molecule has 1 saturated heterocycles. The fourth-order valence-electron chi connectivity index (χ4n) is 3.00. The summed E-state index contributed by atoms with van der Waals surface area (Å²) in [6.45, 7) is 6.99. The summed E-state index contributed by atoms with van der Waals surface area (Å²) in [5.41, 5.74) is 2.22. The molecular weight excluding hydrogens is 370 g/mol. The zero-order valence-electron chi connectivity index (χ0n) is 13.8. The van der Waals surface area contributed by atoms with E-state index in [1.807, 2.05) is 29.0 Å². The Morgan fingerprint density at radius 3 is 2.75 bits per heavy atom. The quantitative estimate of drug-likeness (QED) is 0.754. The fourth-order valence-corrected chi connectivity index (χ4v) is 3.35. The van der Waals surface area contributed by atoms with Crippen molar-refractivity contribution >= 4 is 38.6 Å². The smallest absolute Gasteiger partial charge is 0.246 e. The lowest BCUT2D eigenvalue weighted by Gasteiger charge is -2.43. The number of hydrogen-bond acceptors (Lipinski definition) is 2. The number of amides is 2. The number of rotatable bonds is 4. The van der Waals surface area contributed by atoms with Crippen molar-refractivity contribution in [2.75, 3.05) is 20.1 Å². The molecule has 1 aliphatic heterocycles. The summed E-state index contributed by atoms with van der Waals surface area (Å²) < 4.78 is 3.04. The van der Waals surface area contributed by atoms with Gasteiger partial charge in [-0.3, -0.25) is 9.59 Å². The zero-order valence-corrected chi connectivity index (χ0v) is 15.4. The number of likely N-dealkylation sites (tertiary alicyclic amines) is 1. The first-order valence-electron chi connectivity index (χ1n) is 7.83. The molecule has 3 rings (SSSR count). The van der Waals surface area contributed by atoms with Gasteiger partial charge in [-0.25, -0.2) is 0 Å². The first kappa shape index (κ1) is 16.8. The zero-order chi connectivity index (χ0) is 17.4. The van der Waals surface area contributed by atoms with E-state index < -0.39 is 0 Å². The van der Waals surface area contributed by atoms with Crippen LogP contribution in [0.4, 0.5) is 0 Å². The average Bonchev–Trinajstić information content (AvgIpc) is 2.92. The molecule has 0 atom stereocenters. The first-order valence-corrected chi connectivity index (χ1v) is 8.62. The molecule has 0 bridgehead atoms. The van der Waals surface area contributed by atoms with Crippen LogP contribution in [0, 0.1) is 6.92 Å². The van der Waals surface area contributed by atoms with E-state index >= 15 is 0 Å². The van der Waals surface area contributed by atoms with Gasteiger partial charge in [0.15, 0.2) is 0 Å². The molecule has 2 heterocycles. The Morgan fingerprint density at radius 2 is 2.08 bits per heavy atom. The van der Waals surface area contributed by atoms with Crippen molar-refractivity contribution in [3.05, 3.63) is 47.1 Å². The van der Waals surface area contributed by atoms with E-state index in [1.54, 1.807) is 16.8 Å². The lowest BCUT2D eigenvalue weighted by atomic mass is 10.1. The number of carbonyl (C=O) groups excluding carboxylic acids is 2. The minimum absolute atomic E-state index is 0.0452. The maximum absolute atomic E-state index is 12.6. The maximum atomic E-state index is 12.6. The van der Waals surface area contributed by atoms with E-state index in [1.165, 1.54) is 11.6 Å². The van der Waals surface area contributed by atoms with Crippen LogP contribution in [-0.2, 0) is 16.1 Å². The van der Waals surface area contributed by atoms with E-state index in [4.69, 9.17) is 0 Å². The van der Waals surface area contributed by atoms with Crippen molar-refractivity contribution in [2.24, 2.45) is 0 Å². The first-order chi connectivity index (χ1) is 11.4. The lowest BCUT2D eigenvalue weighted by molar-refractivity contribution is -0.142. The molecule has 24 heavy (non-hydrogen) atoms. The summed E-state index contributed by atoms with van der Waals surface area (Å²) in [4.78, 5) is 27.5. The molecule has 0 N–H and O–H groups in total. The van der Waals surface area contributed by atoms with Crippen molar-refractivity contribution in [1.82, 2.24) is 14.4 Å². The number of carbonyl (C=O) groups is 2. The lowest BCUT2D eigenvalue weighted by Crippen LogP contribution is -2.61. The molecule has 0 spiro atoms. The molecule has 126 valence electrons. The second-order valence-corrected chi connectivity index (χ2v) is 7.01. The number of likely N-dealkylation sites (N-methyl/N-ethyl adjacent to an activating group) is 1. The van der Waals surface area contributed by atoms with Gasteiger partial charge in [-0.2, -0.15) is 0 Å². The third kappa shape index (κ3) is 2.86. The van der Waals surface area contributed by atoms with Crippen LogP contribution in [0.2, 0.25) is 0 Å². The van der Waals surface area contributed by atoms with E-state index in [0.29, 0.717) is 19.6 Å². The van der Waals surface area contributed by atoms with Gasteiger partial charge in [0, 0.05) is 41.7 Å². The molecule has 0 aliphatic carbocycles. The number of nitrogens with zero attached hydrogens (tertiary/aromatic N) is 3. The molecule has 1 aromatic carbocycles. The average molecular weight is 390 g/mol. The van der Waals surface area contributed by atoms with Crippen LogP contribution in [-0.4, -0.2) is 52.4 Å². The highest BCUT2D eigenvalue weighted by molar-refractivity contribution is 9.10. The van der Waals surface area contributed by atoms with Gasteiger partial charge in [-0.05, 0) is 36.8 Å². The van der Waals surface area contributed by atoms with Crippen LogP contribution in [0.1, 0.15) is 5.56 Å². The largest absolute Gasteiger partial charge is 0.338 e. The minimum atomic E-state index is -0.0791. The number of benzene rings is 1. The van der Waals surface area contributed by atoms with Crippen LogP contribution in [0.3, 0.4) is 0 Å². The number of aryl methyl sites for hydroxylation is 1. The van der Waals surface area contributed by atoms with Gasteiger partial charge in [-0.15, -0.1) is 0 Å². The Morgan fingerprint density at radius 1 is 1.38 bits per heavy atom. The highest BCUT2D eigenvalue weighted by atomic mass is 79.9. The van der Waals surface area contributed by atoms with Crippen molar-refractivity contribution in [3.8, 4) is 0 Å². The monoisotopic (exact) mass is 389 g/mol. The normalized spacial score (nSPS) is 14.5. The van der Waals surface area contributed by atoms with E-state index in [9.17, 15) is 9.59 Å². The van der Waals surface area contributed by atoms with Crippen LogP contribution in [0.25, 0.3) is 10.9 Å². The molecule has 1 aliphatic rings. The van der Waals surface area contributed by atoms with Gasteiger partial charge in [0.1, 0.15) is 6.54 Å². The molecule has 0 radical (unpaired) electrons. The second kappa shape index (κ2) is 6.43. The van der Waals surface area contributed by atoms with Crippen molar-refractivity contribution < 1.29 is 9.59 Å². The van der Waals surface area contributed by atoms with Crippen LogP contribution < -0.4 is 0 Å². The third-order valence-corrected chi connectivity index (χ3v) is 5.61. The third-order valence-electron chi connectivity index (χ3n) is 4.75. The number of halogens is 1. The van der Waals surface area contributed by atoms with Crippen LogP contribution >= 0.6 is 15.9 Å². The fraction of sp³-hybridized carbons (Fsp3) is 0.333. The summed E-state index contributed by atoms with van der Waals surface area (Å²) in [6, 6.07) is 6.15. The van der Waals surface area contributed by atoms with Crippen LogP contribution in [0.5, 0.6) is 0 Å². The highest BCUT2D eigenvalue weighted by Gasteiger charge is 2.34. The molecule has 0 unspecified atom stereocenters. The SMILES string of the molecule is C=CC(=O)N1CC(N(C)C(=O)Cn2ccc3c(C)c(Br)ccc32)C1. The molecule has 1 aromatic heterocycles. The Kier molecular flexibility index (Phi) is 4.49. The van der Waals surface area contributed by atoms with Gasteiger partial charge in [0.25, 0.3) is 0 Å². The van der Waals surface area contributed by atoms with E-state index in [2.05, 4.69) is 29.4 Å². The molecule has 1 fully saturated rings. The minimum Gasteiger partial charge on any atom is -0.338 e. The predicted molar refractivity (Wildman–Crippen MR) is 97.7 cm³/mol. The second-order valence-electron chi connectivity index (χ2n) is 6.15. The molecule has 6 heteroatoms. The number of fused-ring (bicyclic) bond motifs is 1. The topological polar surface area (TPSA) is 45.6 Å². The summed E-state index contributed by atoms with van der Waals surface area (Å²) >= 11 is 3.54. The Balaban J connectivity index is 1.68. The molecule has 5 nitrogen and oxygen atoms in total. The highest BCUT2D eigenvalue weighted by Crippen LogP contribution is 2.26. The molecular formula is C18H20BrN3O2. The van der Waals surface area contributed by atoms with Crippen LogP contribution in [0.15, 0.2) is 41.5 Å². The summed E-state index contributed by atoms with van der Waals surface area (Å²) in [5, 5.41) is 1.14. The van der Waals surface area contributed by atoms with E-state index in [-0.39, 0.29) is 17.9 Å². The van der Waals surface area contributed by atoms with Gasteiger partial charge in [0.2, 0.25) is 11.8 Å². The molecule has 0 saturated carbocycles. The number of aromatic nitrogens is 1. The summed E-state index contributed by atoms with van der Waals surface area (Å²) in [7, 11) is 1.80. The maximum Gasteiger partial charge on any atom is 0.246 e. The standard InChI is InChI=1S/C18H20BrN3O2/c1-4-17(23)22-9-13(10-22)20(3)18(24)11-21-8-7-14-12(2)15(19)5-6-16(14)21/h4-8,13H,1,9-11H2,2-3H3. The van der Waals surface area contributed by atoms with Crippen molar-refractivity contribution in [3.63, 3.8) is 0 Å². The Labute approximate surface area is 149 Å². The van der Waals surface area contributed by atoms with Gasteiger partial charge in [0.05, 0.1) is 6.04 Å². The van der Waals surface area contributed by atoms with Gasteiger partial charge in [-0.1, -0.05) is 22.5 Å². The van der Waals surface area contributed by atoms with Crippen molar-refractivity contribution in [2.45, 2.75) is 19.5 Å². The van der Waals surface area contributed by atoms with Crippen molar-refractivity contribution in [1.29, 1.82) is 0 Å². The predicted octanol–water partition coefficient (Wildman–Crippen LogP) is 2.57. The summed E-state index contributed by atoms with van der Waals surface area (Å²) in [6.07, 6.45) is 3.26. The summed E-state index contributed by atoms with van der Waals surface area (Å²) in [5.74, 6) is -0.0340. The molecule has 2 amide bonds. The molecule has 2 aromatic rings. The Hall–Kier alpha value is -2.08. The van der Waals surface area contributed by atoms with E-state index in [0.717, 1.165) is 15.4 Å². The van der Waals surface area contributed by atoms with Gasteiger partial charge < -0.3 is 14.4 Å². The Bertz CT molecular complexity index is 821.